The number of nitrogens with one attached hydrogen (secondary N) is 1. The first-order valence-corrected chi connectivity index (χ1v) is 7.27. The molecular weight excluding hydrogens is 266 g/mol. The molecular formula is C16H19N3O2. The van der Waals surface area contributed by atoms with Crippen LogP contribution in [-0.4, -0.2) is 29.8 Å². The molecule has 0 spiro atoms. The van der Waals surface area contributed by atoms with Crippen molar-refractivity contribution in [2.45, 2.75) is 32.1 Å². The van der Waals surface area contributed by atoms with Gasteiger partial charge in [-0.2, -0.15) is 5.26 Å². The Morgan fingerprint density at radius 3 is 2.90 bits per heavy atom. The number of benzene rings is 1. The lowest BCUT2D eigenvalue weighted by Crippen LogP contribution is -2.39. The van der Waals surface area contributed by atoms with Gasteiger partial charge < -0.3 is 10.2 Å². The Kier molecular flexibility index (Phi) is 5.33. The number of amides is 2. The number of likely N-dealkylation sites (tertiary alicyclic amines) is 1. The van der Waals surface area contributed by atoms with Gasteiger partial charge in [0.25, 0.3) is 0 Å². The van der Waals surface area contributed by atoms with Crippen LogP contribution < -0.4 is 5.32 Å². The van der Waals surface area contributed by atoms with E-state index < -0.39 is 0 Å². The van der Waals surface area contributed by atoms with Crippen molar-refractivity contribution in [1.29, 1.82) is 5.26 Å². The van der Waals surface area contributed by atoms with Crippen molar-refractivity contribution in [2.24, 2.45) is 0 Å². The molecule has 0 aromatic heterocycles. The number of hydrogen-bond acceptors (Lipinski definition) is 3. The summed E-state index contributed by atoms with van der Waals surface area (Å²) < 4.78 is 0. The van der Waals surface area contributed by atoms with Gasteiger partial charge in [0.15, 0.2) is 0 Å². The molecule has 0 atom stereocenters. The molecule has 1 N–H and O–H groups in total. The SMILES string of the molecule is N#Cc1cccc(NC(=O)CN2CCCCCCC2=O)c1. The predicted molar refractivity (Wildman–Crippen MR) is 79.5 cm³/mol. The molecule has 0 saturated carbocycles. The molecule has 2 amide bonds. The van der Waals surface area contributed by atoms with E-state index in [-0.39, 0.29) is 18.4 Å². The average molecular weight is 285 g/mol. The molecule has 1 fully saturated rings. The largest absolute Gasteiger partial charge is 0.333 e. The van der Waals surface area contributed by atoms with Crippen LogP contribution >= 0.6 is 0 Å². The highest BCUT2D eigenvalue weighted by molar-refractivity contribution is 5.94. The number of anilines is 1. The molecule has 21 heavy (non-hydrogen) atoms. The lowest BCUT2D eigenvalue weighted by atomic mass is 10.1. The summed E-state index contributed by atoms with van der Waals surface area (Å²) in [6.45, 7) is 0.722. The van der Waals surface area contributed by atoms with Crippen molar-refractivity contribution >= 4 is 17.5 Å². The maximum absolute atomic E-state index is 12.0. The van der Waals surface area contributed by atoms with E-state index in [4.69, 9.17) is 5.26 Å². The second-order valence-corrected chi connectivity index (χ2v) is 5.22. The Bertz CT molecular complexity index is 563. The van der Waals surface area contributed by atoms with Gasteiger partial charge in [-0.15, -0.1) is 0 Å². The fourth-order valence-electron chi connectivity index (χ4n) is 2.42. The maximum Gasteiger partial charge on any atom is 0.243 e. The summed E-state index contributed by atoms with van der Waals surface area (Å²) in [7, 11) is 0. The van der Waals surface area contributed by atoms with Gasteiger partial charge in [-0.05, 0) is 31.0 Å². The van der Waals surface area contributed by atoms with E-state index in [2.05, 4.69) is 5.32 Å². The summed E-state index contributed by atoms with van der Waals surface area (Å²) in [6, 6.07) is 8.77. The molecule has 0 bridgehead atoms. The smallest absolute Gasteiger partial charge is 0.243 e. The van der Waals surface area contributed by atoms with Gasteiger partial charge in [0.2, 0.25) is 11.8 Å². The van der Waals surface area contributed by atoms with Crippen LogP contribution in [0.15, 0.2) is 24.3 Å². The minimum Gasteiger partial charge on any atom is -0.333 e. The molecule has 1 aromatic carbocycles. The maximum atomic E-state index is 12.0. The van der Waals surface area contributed by atoms with Crippen LogP contribution in [0, 0.1) is 11.3 Å². The second-order valence-electron chi connectivity index (χ2n) is 5.22. The van der Waals surface area contributed by atoms with Gasteiger partial charge in [-0.1, -0.05) is 18.9 Å². The Balaban J connectivity index is 1.93. The quantitative estimate of drug-likeness (QED) is 0.926. The van der Waals surface area contributed by atoms with Gasteiger partial charge in [0.1, 0.15) is 0 Å². The minimum atomic E-state index is -0.223. The van der Waals surface area contributed by atoms with Crippen LogP contribution in [0.2, 0.25) is 0 Å². The Morgan fingerprint density at radius 2 is 2.10 bits per heavy atom. The van der Waals surface area contributed by atoms with E-state index in [1.165, 1.54) is 0 Å². The third-order valence-electron chi connectivity index (χ3n) is 3.53. The molecule has 0 unspecified atom stereocenters. The Labute approximate surface area is 124 Å². The topological polar surface area (TPSA) is 73.2 Å². The Hall–Kier alpha value is -2.35. The number of nitriles is 1. The standard InChI is InChI=1S/C16H19N3O2/c17-11-13-6-5-7-14(10-13)18-15(20)12-19-9-4-2-1-3-8-16(19)21/h5-7,10H,1-4,8-9,12H2,(H,18,20). The third kappa shape index (κ3) is 4.60. The highest BCUT2D eigenvalue weighted by Gasteiger charge is 2.18. The molecule has 1 aliphatic heterocycles. The van der Waals surface area contributed by atoms with Crippen LogP contribution in [0.4, 0.5) is 5.69 Å². The predicted octanol–water partition coefficient (Wildman–Crippen LogP) is 2.29. The fourth-order valence-corrected chi connectivity index (χ4v) is 2.42. The molecule has 5 heteroatoms. The molecule has 2 rings (SSSR count). The summed E-state index contributed by atoms with van der Waals surface area (Å²) in [6.07, 6.45) is 4.57. The van der Waals surface area contributed by atoms with Gasteiger partial charge in [0, 0.05) is 18.7 Å². The first kappa shape index (κ1) is 15.0. The van der Waals surface area contributed by atoms with Crippen LogP contribution in [0.5, 0.6) is 0 Å². The molecule has 110 valence electrons. The highest BCUT2D eigenvalue weighted by atomic mass is 16.2. The highest BCUT2D eigenvalue weighted by Crippen LogP contribution is 2.13. The summed E-state index contributed by atoms with van der Waals surface area (Å²) >= 11 is 0. The van der Waals surface area contributed by atoms with Gasteiger partial charge in [0.05, 0.1) is 18.2 Å². The molecule has 1 aromatic rings. The number of carbonyl (C=O) groups excluding carboxylic acids is 2. The zero-order valence-electron chi connectivity index (χ0n) is 12.0. The lowest BCUT2D eigenvalue weighted by molar-refractivity contribution is -0.135. The van der Waals surface area contributed by atoms with E-state index >= 15 is 0 Å². The zero-order chi connectivity index (χ0) is 15.1. The van der Waals surface area contributed by atoms with E-state index in [0.29, 0.717) is 24.2 Å². The molecule has 1 aliphatic rings. The molecule has 1 saturated heterocycles. The van der Waals surface area contributed by atoms with Crippen molar-refractivity contribution in [3.63, 3.8) is 0 Å². The fraction of sp³-hybridized carbons (Fsp3) is 0.438. The number of carbonyl (C=O) groups is 2. The van der Waals surface area contributed by atoms with Crippen LogP contribution in [0.25, 0.3) is 0 Å². The lowest BCUT2D eigenvalue weighted by Gasteiger charge is -2.24. The zero-order valence-corrected chi connectivity index (χ0v) is 12.0. The number of rotatable bonds is 3. The van der Waals surface area contributed by atoms with Crippen LogP contribution in [0.3, 0.4) is 0 Å². The van der Waals surface area contributed by atoms with Crippen LogP contribution in [-0.2, 0) is 9.59 Å². The van der Waals surface area contributed by atoms with Crippen molar-refractivity contribution in [3.8, 4) is 6.07 Å². The van der Waals surface area contributed by atoms with Crippen LogP contribution in [0.1, 0.15) is 37.7 Å². The summed E-state index contributed by atoms with van der Waals surface area (Å²) in [4.78, 5) is 25.6. The monoisotopic (exact) mass is 285 g/mol. The molecule has 5 nitrogen and oxygen atoms in total. The summed E-state index contributed by atoms with van der Waals surface area (Å²) in [5.41, 5.74) is 1.08. The van der Waals surface area contributed by atoms with E-state index in [9.17, 15) is 9.59 Å². The van der Waals surface area contributed by atoms with E-state index in [1.54, 1.807) is 29.2 Å². The van der Waals surface area contributed by atoms with E-state index in [1.807, 2.05) is 6.07 Å². The first-order valence-electron chi connectivity index (χ1n) is 7.27. The van der Waals surface area contributed by atoms with Crippen molar-refractivity contribution in [1.82, 2.24) is 4.90 Å². The van der Waals surface area contributed by atoms with Gasteiger partial charge in [-0.3, -0.25) is 9.59 Å². The van der Waals surface area contributed by atoms with Crippen molar-refractivity contribution < 1.29 is 9.59 Å². The molecule has 0 radical (unpaired) electrons. The van der Waals surface area contributed by atoms with Gasteiger partial charge >= 0.3 is 0 Å². The number of hydrogen-bond donors (Lipinski definition) is 1. The first-order chi connectivity index (χ1) is 10.2. The molecule has 1 heterocycles. The van der Waals surface area contributed by atoms with Crippen molar-refractivity contribution in [3.05, 3.63) is 29.8 Å². The third-order valence-corrected chi connectivity index (χ3v) is 3.53. The second kappa shape index (κ2) is 7.44. The molecule has 0 aliphatic carbocycles. The van der Waals surface area contributed by atoms with E-state index in [0.717, 1.165) is 25.7 Å². The summed E-state index contributed by atoms with van der Waals surface area (Å²) in [5.74, 6) is -0.172. The normalized spacial score (nSPS) is 15.8. The Morgan fingerprint density at radius 1 is 1.29 bits per heavy atom. The van der Waals surface area contributed by atoms with Crippen molar-refractivity contribution in [2.75, 3.05) is 18.4 Å². The summed E-state index contributed by atoms with van der Waals surface area (Å²) in [5, 5.41) is 11.6. The average Bonchev–Trinajstić information content (AvgIpc) is 2.47. The minimum absolute atomic E-state index is 0.0515. The number of nitrogens with zero attached hydrogens (tertiary/aromatic N) is 2. The van der Waals surface area contributed by atoms with Gasteiger partial charge in [-0.25, -0.2) is 0 Å².